The van der Waals surface area contributed by atoms with E-state index < -0.39 is 5.60 Å². The summed E-state index contributed by atoms with van der Waals surface area (Å²) < 4.78 is 25.8. The monoisotopic (exact) mass is 349 g/mol. The van der Waals surface area contributed by atoms with Gasteiger partial charge in [0.25, 0.3) is 5.91 Å². The normalized spacial score (nSPS) is 30.0. The number of hydrogen-bond donors (Lipinski definition) is 0. The number of pyridine rings is 1. The van der Waals surface area contributed by atoms with Crippen molar-refractivity contribution in [2.24, 2.45) is 0 Å². The molecule has 0 saturated carbocycles. The first-order valence-electron chi connectivity index (χ1n) is 9.07. The lowest BCUT2D eigenvalue weighted by Gasteiger charge is -2.48. The van der Waals surface area contributed by atoms with Gasteiger partial charge < -0.3 is 19.3 Å². The van der Waals surface area contributed by atoms with Crippen LogP contribution in [0.15, 0.2) is 18.3 Å². The lowest BCUT2D eigenvalue weighted by Crippen LogP contribution is -2.62. The summed E-state index contributed by atoms with van der Waals surface area (Å²) in [5.74, 6) is 0.122. The van der Waals surface area contributed by atoms with E-state index in [-0.39, 0.29) is 17.8 Å². The van der Waals surface area contributed by atoms with E-state index in [9.17, 15) is 9.18 Å². The predicted molar refractivity (Wildman–Crippen MR) is 89.9 cm³/mol. The van der Waals surface area contributed by atoms with E-state index in [4.69, 9.17) is 9.47 Å². The molecule has 6 nitrogen and oxygen atoms in total. The predicted octanol–water partition coefficient (Wildman–Crippen LogP) is 1.60. The fourth-order valence-corrected chi connectivity index (χ4v) is 4.14. The highest BCUT2D eigenvalue weighted by molar-refractivity contribution is 5.81. The fraction of sp³-hybridized carbons (Fsp3) is 0.667. The molecule has 3 aliphatic rings. The van der Waals surface area contributed by atoms with Gasteiger partial charge in [0, 0.05) is 25.9 Å². The highest BCUT2D eigenvalue weighted by atomic mass is 19.1. The van der Waals surface area contributed by atoms with E-state index in [0.29, 0.717) is 38.7 Å². The van der Waals surface area contributed by atoms with Crippen molar-refractivity contribution in [3.05, 3.63) is 24.1 Å². The van der Waals surface area contributed by atoms with Gasteiger partial charge in [-0.1, -0.05) is 0 Å². The Morgan fingerprint density at radius 2 is 2.20 bits per heavy atom. The number of nitrogens with zero attached hydrogens (tertiary/aromatic N) is 3. The van der Waals surface area contributed by atoms with E-state index in [1.165, 1.54) is 6.07 Å². The first kappa shape index (κ1) is 16.7. The Bertz CT molecular complexity index is 634. The molecule has 7 heteroatoms. The summed E-state index contributed by atoms with van der Waals surface area (Å²) >= 11 is 0. The van der Waals surface area contributed by atoms with Crippen LogP contribution in [0.1, 0.15) is 25.7 Å². The van der Waals surface area contributed by atoms with E-state index in [1.54, 1.807) is 12.3 Å². The van der Waals surface area contributed by atoms with Gasteiger partial charge in [-0.15, -0.1) is 0 Å². The van der Waals surface area contributed by atoms with Gasteiger partial charge >= 0.3 is 0 Å². The topological polar surface area (TPSA) is 54.9 Å². The summed E-state index contributed by atoms with van der Waals surface area (Å²) in [5.41, 5.74) is -0.450. The van der Waals surface area contributed by atoms with Crippen molar-refractivity contribution in [1.82, 2.24) is 9.88 Å². The van der Waals surface area contributed by atoms with Crippen LogP contribution in [-0.4, -0.2) is 66.9 Å². The number of piperidine rings is 1. The fourth-order valence-electron chi connectivity index (χ4n) is 4.14. The number of amides is 1. The molecule has 0 aromatic carbocycles. The molecule has 0 radical (unpaired) electrons. The molecule has 2 atom stereocenters. The van der Waals surface area contributed by atoms with Crippen molar-refractivity contribution in [1.29, 1.82) is 0 Å². The van der Waals surface area contributed by atoms with Crippen LogP contribution >= 0.6 is 0 Å². The summed E-state index contributed by atoms with van der Waals surface area (Å²) in [7, 11) is 0. The second-order valence-electron chi connectivity index (χ2n) is 7.13. The second kappa shape index (κ2) is 6.88. The maximum atomic E-state index is 14.1. The molecule has 0 N–H and O–H groups in total. The van der Waals surface area contributed by atoms with Crippen LogP contribution in [0.2, 0.25) is 0 Å². The summed E-state index contributed by atoms with van der Waals surface area (Å²) in [6, 6.07) is 3.02. The van der Waals surface area contributed by atoms with E-state index in [0.717, 1.165) is 32.2 Å². The average molecular weight is 349 g/mol. The molecule has 1 aromatic heterocycles. The molecular weight excluding hydrogens is 325 g/mol. The van der Waals surface area contributed by atoms with Gasteiger partial charge in [-0.05, 0) is 37.8 Å². The number of halogens is 1. The van der Waals surface area contributed by atoms with E-state index >= 15 is 0 Å². The van der Waals surface area contributed by atoms with Crippen LogP contribution < -0.4 is 4.90 Å². The molecule has 136 valence electrons. The maximum absolute atomic E-state index is 14.1. The summed E-state index contributed by atoms with van der Waals surface area (Å²) in [6.07, 6.45) is 4.80. The summed E-state index contributed by atoms with van der Waals surface area (Å²) in [5, 5.41) is 0. The number of morpholine rings is 1. The highest BCUT2D eigenvalue weighted by Crippen LogP contribution is 2.32. The van der Waals surface area contributed by atoms with Crippen LogP contribution in [0.3, 0.4) is 0 Å². The maximum Gasteiger partial charge on any atom is 0.251 e. The Hall–Kier alpha value is -1.73. The zero-order valence-electron chi connectivity index (χ0n) is 14.3. The minimum atomic E-state index is -0.450. The third-order valence-electron chi connectivity index (χ3n) is 5.34. The van der Waals surface area contributed by atoms with Gasteiger partial charge in [-0.3, -0.25) is 4.79 Å². The van der Waals surface area contributed by atoms with Crippen molar-refractivity contribution < 1.29 is 18.7 Å². The van der Waals surface area contributed by atoms with Gasteiger partial charge in [-0.2, -0.15) is 0 Å². The lowest BCUT2D eigenvalue weighted by atomic mass is 9.90. The summed E-state index contributed by atoms with van der Waals surface area (Å²) in [6.45, 7) is 3.61. The molecule has 4 rings (SSSR count). The first-order valence-corrected chi connectivity index (χ1v) is 9.07. The smallest absolute Gasteiger partial charge is 0.251 e. The van der Waals surface area contributed by atoms with Crippen LogP contribution in [0.25, 0.3) is 0 Å². The van der Waals surface area contributed by atoms with Crippen LogP contribution in [0.4, 0.5) is 10.2 Å². The zero-order chi connectivity index (χ0) is 17.3. The number of anilines is 1. The largest absolute Gasteiger partial charge is 0.369 e. The van der Waals surface area contributed by atoms with Crippen molar-refractivity contribution in [2.75, 3.05) is 44.3 Å². The SMILES string of the molecule is O=C([C@H]1CCCO1)N1CCO[C@@]2(CCCN(c3ncccc3F)C2)C1. The molecule has 3 fully saturated rings. The minimum Gasteiger partial charge on any atom is -0.369 e. The van der Waals surface area contributed by atoms with E-state index in [1.807, 2.05) is 9.80 Å². The average Bonchev–Trinajstić information content (AvgIpc) is 3.16. The summed E-state index contributed by atoms with van der Waals surface area (Å²) in [4.78, 5) is 20.7. The number of hydrogen-bond acceptors (Lipinski definition) is 5. The van der Waals surface area contributed by atoms with Gasteiger partial charge in [-0.25, -0.2) is 9.37 Å². The van der Waals surface area contributed by atoms with Gasteiger partial charge in [0.2, 0.25) is 0 Å². The first-order chi connectivity index (χ1) is 12.2. The molecule has 0 bridgehead atoms. The molecule has 0 aliphatic carbocycles. The quantitative estimate of drug-likeness (QED) is 0.812. The van der Waals surface area contributed by atoms with E-state index in [2.05, 4.69) is 4.98 Å². The molecule has 3 aliphatic heterocycles. The molecule has 4 heterocycles. The Morgan fingerprint density at radius 3 is 3.00 bits per heavy atom. The Balaban J connectivity index is 1.48. The zero-order valence-corrected chi connectivity index (χ0v) is 14.3. The van der Waals surface area contributed by atoms with Gasteiger partial charge in [0.15, 0.2) is 11.6 Å². The third-order valence-corrected chi connectivity index (χ3v) is 5.34. The van der Waals surface area contributed by atoms with Crippen molar-refractivity contribution >= 4 is 11.7 Å². The number of rotatable bonds is 2. The Labute approximate surface area is 146 Å². The van der Waals surface area contributed by atoms with Gasteiger partial charge in [0.1, 0.15) is 11.7 Å². The Morgan fingerprint density at radius 1 is 1.28 bits per heavy atom. The molecule has 25 heavy (non-hydrogen) atoms. The standard InChI is InChI=1S/C18H24FN3O3/c19-14-4-1-7-20-16(14)21-8-3-6-18(12-21)13-22(9-11-25-18)17(23)15-5-2-10-24-15/h1,4,7,15H,2-3,5-6,8-13H2/t15-,18-/m1/s1. The lowest BCUT2D eigenvalue weighted by molar-refractivity contribution is -0.160. The third kappa shape index (κ3) is 3.35. The molecule has 1 spiro atoms. The van der Waals surface area contributed by atoms with Crippen LogP contribution in [0.5, 0.6) is 0 Å². The van der Waals surface area contributed by atoms with Crippen molar-refractivity contribution in [3.8, 4) is 0 Å². The molecule has 1 aromatic rings. The molecular formula is C18H24FN3O3. The molecule has 3 saturated heterocycles. The van der Waals surface area contributed by atoms with Crippen molar-refractivity contribution in [3.63, 3.8) is 0 Å². The molecule has 0 unspecified atom stereocenters. The van der Waals surface area contributed by atoms with Crippen molar-refractivity contribution in [2.45, 2.75) is 37.4 Å². The molecule has 1 amide bonds. The minimum absolute atomic E-state index is 0.0707. The van der Waals surface area contributed by atoms with Crippen LogP contribution in [0, 0.1) is 5.82 Å². The number of aromatic nitrogens is 1. The highest BCUT2D eigenvalue weighted by Gasteiger charge is 2.43. The van der Waals surface area contributed by atoms with Gasteiger partial charge in [0.05, 0.1) is 19.7 Å². The Kier molecular flexibility index (Phi) is 4.60. The number of ether oxygens (including phenoxy) is 2. The number of carbonyl (C=O) groups is 1. The van der Waals surface area contributed by atoms with Crippen LogP contribution in [-0.2, 0) is 14.3 Å². The number of carbonyl (C=O) groups excluding carboxylic acids is 1. The second-order valence-corrected chi connectivity index (χ2v) is 7.13.